The van der Waals surface area contributed by atoms with Crippen LogP contribution in [0.25, 0.3) is 11.0 Å². The zero-order valence-electron chi connectivity index (χ0n) is 21.6. The van der Waals surface area contributed by atoms with Crippen molar-refractivity contribution < 1.29 is 23.4 Å². The van der Waals surface area contributed by atoms with Crippen LogP contribution in [-0.4, -0.2) is 63.4 Å². The molecule has 198 valence electrons. The summed E-state index contributed by atoms with van der Waals surface area (Å²) in [5, 5.41) is 12.2. The third-order valence-corrected chi connectivity index (χ3v) is 6.38. The fourth-order valence-electron chi connectivity index (χ4n) is 4.69. The summed E-state index contributed by atoms with van der Waals surface area (Å²) in [5.74, 6) is 0.219. The molecule has 37 heavy (non-hydrogen) atoms. The molecule has 1 saturated heterocycles. The molecule has 0 atom stereocenters. The van der Waals surface area contributed by atoms with E-state index in [0.717, 1.165) is 36.1 Å². The molecule has 0 spiro atoms. The minimum atomic E-state index is -0.561. The molecule has 2 aromatic carbocycles. The first-order valence-electron chi connectivity index (χ1n) is 12.5. The minimum Gasteiger partial charge on any atom is -0.440 e. The number of carbonyl (C=O) groups excluding carboxylic acids is 1. The lowest BCUT2D eigenvalue weighted by atomic mass is 10.1. The second-order valence-corrected chi connectivity index (χ2v) is 10.0. The first-order valence-corrected chi connectivity index (χ1v) is 12.5. The van der Waals surface area contributed by atoms with E-state index >= 15 is 0 Å². The van der Waals surface area contributed by atoms with Gasteiger partial charge in [-0.05, 0) is 57.1 Å². The van der Waals surface area contributed by atoms with Crippen LogP contribution in [0.2, 0.25) is 0 Å². The van der Waals surface area contributed by atoms with Gasteiger partial charge in [0.2, 0.25) is 0 Å². The molecule has 3 aromatic rings. The zero-order valence-corrected chi connectivity index (χ0v) is 21.6. The maximum absolute atomic E-state index is 13.8. The van der Waals surface area contributed by atoms with E-state index in [0.29, 0.717) is 61.8 Å². The lowest BCUT2D eigenvalue weighted by Gasteiger charge is -2.27. The summed E-state index contributed by atoms with van der Waals surface area (Å²) < 4.78 is 25.4. The van der Waals surface area contributed by atoms with E-state index in [-0.39, 0.29) is 11.2 Å². The molecule has 0 amide bonds. The average Bonchev–Trinajstić information content (AvgIpc) is 3.26. The number of ether oxygens (including phenoxy) is 1. The predicted molar refractivity (Wildman–Crippen MR) is 142 cm³/mol. The summed E-state index contributed by atoms with van der Waals surface area (Å²) in [6.07, 6.45) is 1.56. The fraction of sp³-hybridized carbons (Fsp3) is 0.429. The van der Waals surface area contributed by atoms with Crippen LogP contribution >= 0.6 is 0 Å². The van der Waals surface area contributed by atoms with Gasteiger partial charge >= 0.3 is 0 Å². The number of anilines is 2. The third kappa shape index (κ3) is 6.54. The van der Waals surface area contributed by atoms with Crippen LogP contribution in [0.15, 0.2) is 45.6 Å². The topological polar surface area (TPSA) is 95.2 Å². The van der Waals surface area contributed by atoms with Gasteiger partial charge in [0.1, 0.15) is 17.7 Å². The molecule has 3 heterocycles. The zero-order chi connectivity index (χ0) is 26.6. The van der Waals surface area contributed by atoms with Crippen molar-refractivity contribution >= 4 is 28.8 Å². The Morgan fingerprint density at radius 2 is 1.89 bits per heavy atom. The summed E-state index contributed by atoms with van der Waals surface area (Å²) in [4.78, 5) is 28.4. The second-order valence-electron chi connectivity index (χ2n) is 10.0. The van der Waals surface area contributed by atoms with Crippen LogP contribution in [-0.2, 0) is 17.7 Å². The molecule has 8 nitrogen and oxygen atoms in total. The largest absolute Gasteiger partial charge is 0.440 e. The minimum absolute atomic E-state index is 0.185. The number of benzene rings is 2. The van der Waals surface area contributed by atoms with Crippen LogP contribution in [0.5, 0.6) is 0 Å². The number of rotatable bonds is 6. The van der Waals surface area contributed by atoms with Gasteiger partial charge in [0.15, 0.2) is 11.3 Å². The molecule has 0 unspecified atom stereocenters. The van der Waals surface area contributed by atoms with Crippen molar-refractivity contribution in [3.63, 3.8) is 0 Å². The van der Waals surface area contributed by atoms with Gasteiger partial charge in [-0.15, -0.1) is 0 Å². The Kier molecular flexibility index (Phi) is 8.26. The van der Waals surface area contributed by atoms with Crippen molar-refractivity contribution in [2.24, 2.45) is 0 Å². The molecule has 2 aliphatic rings. The van der Waals surface area contributed by atoms with Crippen LogP contribution in [0.1, 0.15) is 35.3 Å². The lowest BCUT2D eigenvalue weighted by molar-refractivity contribution is 0.0821. The van der Waals surface area contributed by atoms with Gasteiger partial charge in [0.25, 0.3) is 0 Å². The summed E-state index contributed by atoms with van der Waals surface area (Å²) in [5.41, 5.74) is 2.81. The fourth-order valence-corrected chi connectivity index (χ4v) is 4.69. The predicted octanol–water partition coefficient (Wildman–Crippen LogP) is 3.12. The normalized spacial score (nSPS) is 15.4. The number of halogens is 1. The molecule has 2 aliphatic heterocycles. The monoisotopic (exact) mass is 511 g/mol. The number of hydrogen-bond donors (Lipinski definition) is 2. The number of carbonyl (C=O) groups is 1. The van der Waals surface area contributed by atoms with Crippen molar-refractivity contribution in [1.29, 1.82) is 0 Å². The van der Waals surface area contributed by atoms with Gasteiger partial charge in [-0.2, -0.15) is 0 Å². The Balaban J connectivity index is 0.000000405. The Hall–Kier alpha value is -3.27. The van der Waals surface area contributed by atoms with Gasteiger partial charge in [0.05, 0.1) is 24.2 Å². The van der Waals surface area contributed by atoms with Crippen LogP contribution in [0, 0.1) is 5.82 Å². The highest BCUT2D eigenvalue weighted by atomic mass is 19.1. The van der Waals surface area contributed by atoms with E-state index in [2.05, 4.69) is 10.2 Å². The number of nitrogens with one attached hydrogen (secondary N) is 1. The Labute approximate surface area is 215 Å². The molecule has 5 rings (SSSR count). The van der Waals surface area contributed by atoms with Gasteiger partial charge in [-0.25, -0.2) is 4.39 Å². The van der Waals surface area contributed by atoms with Gasteiger partial charge < -0.3 is 29.4 Å². The molecular formula is C28H34FN3O5. The third-order valence-electron chi connectivity index (χ3n) is 6.38. The van der Waals surface area contributed by atoms with Crippen molar-refractivity contribution in [2.75, 3.05) is 56.2 Å². The van der Waals surface area contributed by atoms with Gasteiger partial charge in [0, 0.05) is 55.6 Å². The maximum atomic E-state index is 13.8. The van der Waals surface area contributed by atoms with Crippen molar-refractivity contribution in [3.8, 4) is 0 Å². The Morgan fingerprint density at radius 3 is 2.54 bits per heavy atom. The summed E-state index contributed by atoms with van der Waals surface area (Å²) in [6.45, 7) is 7.79. The molecule has 0 aliphatic carbocycles. The number of hydrogen-bond acceptors (Lipinski definition) is 8. The highest BCUT2D eigenvalue weighted by Crippen LogP contribution is 2.32. The molecule has 0 saturated carbocycles. The lowest BCUT2D eigenvalue weighted by Crippen LogP contribution is -2.36. The molecule has 9 heteroatoms. The summed E-state index contributed by atoms with van der Waals surface area (Å²) in [7, 11) is 1.82. The van der Waals surface area contributed by atoms with Gasteiger partial charge in [-0.3, -0.25) is 9.59 Å². The van der Waals surface area contributed by atoms with E-state index in [1.807, 2.05) is 11.9 Å². The number of morpholine rings is 1. The number of aliphatic hydroxyl groups is 1. The first-order chi connectivity index (χ1) is 17.7. The molecule has 2 N–H and O–H groups in total. The molecule has 0 radical (unpaired) electrons. The molecule has 0 bridgehead atoms. The smallest absolute Gasteiger partial charge is 0.200 e. The standard InChI is InChI=1S/C23H21FN2O4.C5H13NO/c24-18-2-1-16-3-4-26(20(16)11-18)13-17-9-15(14-27)10-19-21(28)12-22(30-23(17)19)25-5-7-29-8-6-25;1-5(2,7)4-6-3/h1-2,9-12,14H,3-8,13H2;6-7H,4H2,1-3H3. The van der Waals surface area contributed by atoms with Crippen molar-refractivity contribution in [1.82, 2.24) is 5.32 Å². The summed E-state index contributed by atoms with van der Waals surface area (Å²) >= 11 is 0. The van der Waals surface area contributed by atoms with Crippen molar-refractivity contribution in [2.45, 2.75) is 32.4 Å². The maximum Gasteiger partial charge on any atom is 0.200 e. The van der Waals surface area contributed by atoms with Crippen LogP contribution in [0.4, 0.5) is 16.0 Å². The molecule has 1 aromatic heterocycles. The van der Waals surface area contributed by atoms with Crippen LogP contribution < -0.4 is 20.5 Å². The Bertz CT molecular complexity index is 1310. The van der Waals surface area contributed by atoms with E-state index < -0.39 is 5.60 Å². The average molecular weight is 512 g/mol. The van der Waals surface area contributed by atoms with Crippen molar-refractivity contribution in [3.05, 3.63) is 69.1 Å². The van der Waals surface area contributed by atoms with E-state index in [1.165, 1.54) is 18.2 Å². The number of aldehydes is 1. The van der Waals surface area contributed by atoms with E-state index in [1.54, 1.807) is 32.0 Å². The second kappa shape index (κ2) is 11.4. The number of likely N-dealkylation sites (N-methyl/N-ethyl adjacent to an activating group) is 1. The number of nitrogens with zero attached hydrogens (tertiary/aromatic N) is 2. The van der Waals surface area contributed by atoms with Crippen LogP contribution in [0.3, 0.4) is 0 Å². The summed E-state index contributed by atoms with van der Waals surface area (Å²) in [6, 6.07) is 9.60. The molecule has 1 fully saturated rings. The Morgan fingerprint density at radius 1 is 1.14 bits per heavy atom. The highest BCUT2D eigenvalue weighted by Gasteiger charge is 2.23. The number of fused-ring (bicyclic) bond motifs is 2. The molecular weight excluding hydrogens is 477 g/mol. The van der Waals surface area contributed by atoms with E-state index in [9.17, 15) is 14.0 Å². The first kappa shape index (κ1) is 26.8. The van der Waals surface area contributed by atoms with Gasteiger partial charge in [-0.1, -0.05) is 6.07 Å². The quantitative estimate of drug-likeness (QED) is 0.488. The highest BCUT2D eigenvalue weighted by molar-refractivity contribution is 5.88. The SMILES string of the molecule is CNCC(C)(C)O.O=Cc1cc(CN2CCc3ccc(F)cc32)c2oc(N3CCOCC3)cc(=O)c2c1. The van der Waals surface area contributed by atoms with E-state index in [4.69, 9.17) is 14.3 Å².